The molecule has 1 aliphatic carbocycles. The van der Waals surface area contributed by atoms with E-state index in [4.69, 9.17) is 0 Å². The molecule has 2 atom stereocenters. The first-order valence-corrected chi connectivity index (χ1v) is 15.2. The van der Waals surface area contributed by atoms with Crippen LogP contribution < -0.4 is 0 Å². The summed E-state index contributed by atoms with van der Waals surface area (Å²) in [6, 6.07) is 12.3. The summed E-state index contributed by atoms with van der Waals surface area (Å²) >= 11 is 0. The number of aryl methyl sites for hydroxylation is 2. The Labute approximate surface area is 233 Å². The highest BCUT2D eigenvalue weighted by molar-refractivity contribution is 6.08. The summed E-state index contributed by atoms with van der Waals surface area (Å²) in [5.41, 5.74) is 6.05. The minimum Gasteiger partial charge on any atom is -0.478 e. The van der Waals surface area contributed by atoms with Crippen molar-refractivity contribution in [2.75, 3.05) is 13.1 Å². The number of benzene rings is 2. The van der Waals surface area contributed by atoms with Crippen LogP contribution >= 0.6 is 0 Å². The Bertz CT molecular complexity index is 1330. The van der Waals surface area contributed by atoms with Gasteiger partial charge in [0.05, 0.1) is 16.6 Å². The molecule has 1 saturated heterocycles. The molecule has 5 rings (SSSR count). The van der Waals surface area contributed by atoms with Gasteiger partial charge in [-0.2, -0.15) is 0 Å². The third kappa shape index (κ3) is 5.50. The second-order valence-electron chi connectivity index (χ2n) is 11.9. The number of unbranched alkanes of at least 4 members (excludes halogenated alkanes) is 1. The van der Waals surface area contributed by atoms with Gasteiger partial charge in [0, 0.05) is 31.2 Å². The average molecular weight is 529 g/mol. The third-order valence-corrected chi connectivity index (χ3v) is 9.37. The van der Waals surface area contributed by atoms with Gasteiger partial charge in [-0.15, -0.1) is 0 Å². The van der Waals surface area contributed by atoms with Crippen molar-refractivity contribution < 1.29 is 14.7 Å². The molecular formula is C34H44N2O3. The van der Waals surface area contributed by atoms with E-state index in [1.54, 1.807) is 6.07 Å². The molecule has 0 radical (unpaired) electrons. The Morgan fingerprint density at radius 3 is 2.41 bits per heavy atom. The fourth-order valence-electron chi connectivity index (χ4n) is 7.32. The lowest BCUT2D eigenvalue weighted by Gasteiger charge is -2.36. The Morgan fingerprint density at radius 2 is 1.74 bits per heavy atom. The van der Waals surface area contributed by atoms with E-state index in [-0.39, 0.29) is 11.8 Å². The molecule has 3 aromatic rings. The molecule has 1 saturated carbocycles. The van der Waals surface area contributed by atoms with Crippen molar-refractivity contribution in [1.29, 1.82) is 0 Å². The van der Waals surface area contributed by atoms with Gasteiger partial charge in [-0.05, 0) is 85.6 Å². The molecule has 2 aromatic carbocycles. The first-order chi connectivity index (χ1) is 18.9. The van der Waals surface area contributed by atoms with Crippen LogP contribution in [0.3, 0.4) is 0 Å². The van der Waals surface area contributed by atoms with Crippen LogP contribution in [0.5, 0.6) is 0 Å². The number of aromatic carboxylic acids is 1. The summed E-state index contributed by atoms with van der Waals surface area (Å²) in [4.78, 5) is 27.3. The van der Waals surface area contributed by atoms with Crippen LogP contribution in [0.25, 0.3) is 10.9 Å². The van der Waals surface area contributed by atoms with Crippen LogP contribution in [0, 0.1) is 12.8 Å². The molecule has 5 nitrogen and oxygen atoms in total. The minimum atomic E-state index is -0.874. The Balaban J connectivity index is 1.63. The van der Waals surface area contributed by atoms with Crippen molar-refractivity contribution >= 4 is 22.8 Å². The zero-order valence-electron chi connectivity index (χ0n) is 23.9. The fourth-order valence-corrected chi connectivity index (χ4v) is 7.32. The number of hydrogen-bond acceptors (Lipinski definition) is 2. The highest BCUT2D eigenvalue weighted by Gasteiger charge is 2.33. The summed E-state index contributed by atoms with van der Waals surface area (Å²) in [7, 11) is 0. The van der Waals surface area contributed by atoms with Crippen molar-refractivity contribution in [3.05, 3.63) is 70.4 Å². The molecule has 1 amide bonds. The monoisotopic (exact) mass is 528 g/mol. The minimum absolute atomic E-state index is 0.168. The van der Waals surface area contributed by atoms with Crippen molar-refractivity contribution in [1.82, 2.24) is 9.47 Å². The zero-order chi connectivity index (χ0) is 27.5. The van der Waals surface area contributed by atoms with Gasteiger partial charge in [-0.3, -0.25) is 4.79 Å². The van der Waals surface area contributed by atoms with Crippen LogP contribution in [0.2, 0.25) is 0 Å². The molecule has 1 aliphatic heterocycles. The molecule has 2 fully saturated rings. The zero-order valence-corrected chi connectivity index (χ0v) is 23.9. The van der Waals surface area contributed by atoms with Crippen molar-refractivity contribution in [3.63, 3.8) is 0 Å². The van der Waals surface area contributed by atoms with E-state index in [2.05, 4.69) is 55.8 Å². The summed E-state index contributed by atoms with van der Waals surface area (Å²) in [5, 5.41) is 10.7. The molecule has 2 heterocycles. The summed E-state index contributed by atoms with van der Waals surface area (Å²) in [6.45, 7) is 9.26. The van der Waals surface area contributed by atoms with E-state index in [1.165, 1.54) is 48.7 Å². The highest BCUT2D eigenvalue weighted by Crippen LogP contribution is 2.47. The van der Waals surface area contributed by atoms with Gasteiger partial charge in [0.15, 0.2) is 0 Å². The maximum atomic E-state index is 13.6. The number of carboxylic acid groups (broad SMARTS) is 1. The number of carbonyl (C=O) groups excluding carboxylic acids is 1. The van der Waals surface area contributed by atoms with Gasteiger partial charge in [0.1, 0.15) is 0 Å². The first-order valence-electron chi connectivity index (χ1n) is 15.2. The van der Waals surface area contributed by atoms with Gasteiger partial charge < -0.3 is 14.6 Å². The number of para-hydroxylation sites is 1. The van der Waals surface area contributed by atoms with Crippen molar-refractivity contribution in [2.24, 2.45) is 5.92 Å². The topological polar surface area (TPSA) is 62.5 Å². The summed E-state index contributed by atoms with van der Waals surface area (Å²) < 4.78 is 2.35. The number of fused-ring (bicyclic) bond motifs is 1. The SMILES string of the molecule is CCCCn1cc(C(=O)N2CCCC2)c2cccc(C(C)C(c3ccc(C(=O)O)cc3C)C3CCCCC3)c21. The van der Waals surface area contributed by atoms with Crippen LogP contribution in [0.15, 0.2) is 42.6 Å². The number of amides is 1. The van der Waals surface area contributed by atoms with E-state index in [1.807, 2.05) is 11.0 Å². The Kier molecular flexibility index (Phi) is 8.44. The number of hydrogen-bond donors (Lipinski definition) is 1. The third-order valence-electron chi connectivity index (χ3n) is 9.37. The standard InChI is InChI=1S/C34H44N2O3/c1-4-5-18-36-22-30(33(37)35-19-9-10-20-35)29-15-11-14-28(32(29)36)24(3)31(25-12-7-6-8-13-25)27-17-16-26(34(38)39)21-23(27)2/h11,14-17,21-22,24-25,31H,4-10,12-13,18-20H2,1-3H3,(H,38,39). The van der Waals surface area contributed by atoms with Crippen LogP contribution in [0.1, 0.15) is 121 Å². The first kappa shape index (κ1) is 27.5. The number of carbonyl (C=O) groups is 2. The largest absolute Gasteiger partial charge is 0.478 e. The van der Waals surface area contributed by atoms with E-state index in [0.29, 0.717) is 17.4 Å². The molecule has 0 spiro atoms. The van der Waals surface area contributed by atoms with Crippen molar-refractivity contribution in [3.8, 4) is 0 Å². The number of rotatable bonds is 9. The van der Waals surface area contributed by atoms with E-state index in [0.717, 1.165) is 61.8 Å². The molecule has 2 aliphatic rings. The highest BCUT2D eigenvalue weighted by atomic mass is 16.4. The van der Waals surface area contributed by atoms with Crippen LogP contribution in [-0.2, 0) is 6.54 Å². The van der Waals surface area contributed by atoms with Gasteiger partial charge in [0.2, 0.25) is 0 Å². The lowest BCUT2D eigenvalue weighted by atomic mass is 9.68. The molecule has 2 unspecified atom stereocenters. The normalized spacial score (nSPS) is 18.0. The lowest BCUT2D eigenvalue weighted by Crippen LogP contribution is -2.27. The second kappa shape index (κ2) is 12.0. The molecular weight excluding hydrogens is 484 g/mol. The average Bonchev–Trinajstić information content (AvgIpc) is 3.62. The number of likely N-dealkylation sites (tertiary alicyclic amines) is 1. The molecule has 1 aromatic heterocycles. The van der Waals surface area contributed by atoms with Crippen molar-refractivity contribution in [2.45, 2.75) is 96.9 Å². The lowest BCUT2D eigenvalue weighted by molar-refractivity contribution is 0.0696. The summed E-state index contributed by atoms with van der Waals surface area (Å²) in [6.07, 6.45) is 12.7. The predicted octanol–water partition coefficient (Wildman–Crippen LogP) is 8.15. The molecule has 0 bridgehead atoms. The molecule has 39 heavy (non-hydrogen) atoms. The maximum absolute atomic E-state index is 13.6. The smallest absolute Gasteiger partial charge is 0.335 e. The fraction of sp³-hybridized carbons (Fsp3) is 0.529. The van der Waals surface area contributed by atoms with Gasteiger partial charge in [-0.25, -0.2) is 4.79 Å². The van der Waals surface area contributed by atoms with E-state index in [9.17, 15) is 14.7 Å². The predicted molar refractivity (Wildman–Crippen MR) is 158 cm³/mol. The molecule has 5 heteroatoms. The van der Waals surface area contributed by atoms with Gasteiger partial charge >= 0.3 is 5.97 Å². The number of carboxylic acids is 1. The van der Waals surface area contributed by atoms with Gasteiger partial charge in [0.25, 0.3) is 5.91 Å². The Hall–Kier alpha value is -3.08. The van der Waals surface area contributed by atoms with Crippen LogP contribution in [0.4, 0.5) is 0 Å². The van der Waals surface area contributed by atoms with E-state index < -0.39 is 5.97 Å². The van der Waals surface area contributed by atoms with Gasteiger partial charge in [-0.1, -0.05) is 63.8 Å². The number of aromatic nitrogens is 1. The van der Waals surface area contributed by atoms with E-state index >= 15 is 0 Å². The summed E-state index contributed by atoms with van der Waals surface area (Å²) in [5.74, 6) is 0.382. The quantitative estimate of drug-likeness (QED) is 0.305. The molecule has 1 N–H and O–H groups in total. The number of nitrogens with zero attached hydrogens (tertiary/aromatic N) is 2. The Morgan fingerprint density at radius 1 is 1.00 bits per heavy atom. The van der Waals surface area contributed by atoms with Crippen LogP contribution in [-0.4, -0.2) is 39.5 Å². The second-order valence-corrected chi connectivity index (χ2v) is 11.9. The molecule has 208 valence electrons. The maximum Gasteiger partial charge on any atom is 0.335 e.